The lowest BCUT2D eigenvalue weighted by molar-refractivity contribution is 0.319. The fraction of sp³-hybridized carbons (Fsp3) is 0.259. The van der Waals surface area contributed by atoms with Crippen molar-refractivity contribution in [3.8, 4) is 11.3 Å². The summed E-state index contributed by atoms with van der Waals surface area (Å²) in [4.78, 5) is 8.84. The summed E-state index contributed by atoms with van der Waals surface area (Å²) in [5.41, 5.74) is 5.75. The number of fused-ring (bicyclic) bond motifs is 1. The van der Waals surface area contributed by atoms with Crippen LogP contribution in [0.1, 0.15) is 35.4 Å². The monoisotopic (exact) mass is 475 g/mol. The van der Waals surface area contributed by atoms with Gasteiger partial charge in [-0.1, -0.05) is 24.3 Å². The Morgan fingerprint density at radius 1 is 0.941 bits per heavy atom. The number of aromatic nitrogens is 2. The van der Waals surface area contributed by atoms with E-state index >= 15 is 0 Å². The van der Waals surface area contributed by atoms with Gasteiger partial charge in [0.05, 0.1) is 10.6 Å². The van der Waals surface area contributed by atoms with Crippen molar-refractivity contribution in [3.63, 3.8) is 0 Å². The van der Waals surface area contributed by atoms with E-state index in [2.05, 4.69) is 43.1 Å². The molecule has 2 aromatic heterocycles. The van der Waals surface area contributed by atoms with Crippen LogP contribution in [-0.4, -0.2) is 35.8 Å². The Balaban J connectivity index is 1.33. The maximum atomic E-state index is 14.1. The van der Waals surface area contributed by atoms with Crippen LogP contribution in [0.4, 0.5) is 4.39 Å². The molecule has 0 N–H and O–H groups in total. The smallest absolute Gasteiger partial charge is 0.243 e. The fourth-order valence-corrected chi connectivity index (χ4v) is 6.39. The highest BCUT2D eigenvalue weighted by Crippen LogP contribution is 2.33. The molecule has 1 aliphatic rings. The van der Waals surface area contributed by atoms with Gasteiger partial charge in [0.2, 0.25) is 10.0 Å². The minimum absolute atomic E-state index is 0.0773. The van der Waals surface area contributed by atoms with Crippen molar-refractivity contribution < 1.29 is 12.8 Å². The zero-order chi connectivity index (χ0) is 23.9. The van der Waals surface area contributed by atoms with Gasteiger partial charge in [-0.15, -0.1) is 0 Å². The number of sulfonamides is 1. The van der Waals surface area contributed by atoms with E-state index in [4.69, 9.17) is 4.98 Å². The first-order chi connectivity index (χ1) is 16.4. The van der Waals surface area contributed by atoms with Gasteiger partial charge in [0.15, 0.2) is 0 Å². The second-order valence-corrected chi connectivity index (χ2v) is 10.8. The largest absolute Gasteiger partial charge is 0.256 e. The maximum absolute atomic E-state index is 14.1. The second-order valence-electron chi connectivity index (χ2n) is 8.85. The first-order valence-corrected chi connectivity index (χ1v) is 12.9. The lowest BCUT2D eigenvalue weighted by Crippen LogP contribution is -2.38. The van der Waals surface area contributed by atoms with Crippen molar-refractivity contribution in [2.75, 3.05) is 13.1 Å². The van der Waals surface area contributed by atoms with Crippen molar-refractivity contribution in [2.24, 2.45) is 0 Å². The molecule has 0 atom stereocenters. The molecule has 1 saturated heterocycles. The number of hydrogen-bond acceptors (Lipinski definition) is 4. The van der Waals surface area contributed by atoms with E-state index < -0.39 is 15.8 Å². The van der Waals surface area contributed by atoms with E-state index in [1.165, 1.54) is 33.8 Å². The molecule has 1 aliphatic heterocycles. The van der Waals surface area contributed by atoms with Gasteiger partial charge in [0.25, 0.3) is 0 Å². The summed E-state index contributed by atoms with van der Waals surface area (Å²) in [7, 11) is -3.75. The molecule has 2 aromatic carbocycles. The van der Waals surface area contributed by atoms with Crippen LogP contribution in [-0.2, 0) is 10.0 Å². The third-order valence-corrected chi connectivity index (χ3v) is 8.85. The summed E-state index contributed by atoms with van der Waals surface area (Å²) in [6, 6.07) is 16.1. The molecule has 5 rings (SSSR count). The van der Waals surface area contributed by atoms with Crippen LogP contribution in [0.25, 0.3) is 22.2 Å². The Hall–Kier alpha value is -3.16. The third-order valence-electron chi connectivity index (χ3n) is 6.89. The average Bonchev–Trinajstić information content (AvgIpc) is 2.86. The molecule has 7 heteroatoms. The number of rotatable bonds is 4. The molecule has 0 aliphatic carbocycles. The molecular formula is C27H26FN3O2S. The van der Waals surface area contributed by atoms with E-state index in [1.54, 1.807) is 12.1 Å². The Kier molecular flexibility index (Phi) is 5.91. The quantitative estimate of drug-likeness (QED) is 0.384. The van der Waals surface area contributed by atoms with Gasteiger partial charge < -0.3 is 0 Å². The summed E-state index contributed by atoms with van der Waals surface area (Å²) in [5.74, 6) is -0.275. The SMILES string of the molecule is Cc1cccc(-c2ccc(C3CCN(S(=O)(=O)c4ccc(F)c5ncccc45)CC3)cn2)c1C. The number of nitrogens with zero attached hydrogens (tertiary/aromatic N) is 3. The van der Waals surface area contributed by atoms with Gasteiger partial charge in [-0.3, -0.25) is 9.97 Å². The first kappa shape index (κ1) is 22.6. The molecule has 4 aromatic rings. The predicted molar refractivity (Wildman–Crippen MR) is 132 cm³/mol. The van der Waals surface area contributed by atoms with Crippen LogP contribution in [0, 0.1) is 19.7 Å². The highest BCUT2D eigenvalue weighted by atomic mass is 32.2. The van der Waals surface area contributed by atoms with E-state index in [9.17, 15) is 12.8 Å². The van der Waals surface area contributed by atoms with Crippen LogP contribution >= 0.6 is 0 Å². The number of hydrogen-bond donors (Lipinski definition) is 0. The molecule has 34 heavy (non-hydrogen) atoms. The van der Waals surface area contributed by atoms with E-state index in [0.29, 0.717) is 31.3 Å². The minimum Gasteiger partial charge on any atom is -0.256 e. The van der Waals surface area contributed by atoms with Crippen molar-refractivity contribution in [3.05, 3.63) is 89.5 Å². The zero-order valence-corrected chi connectivity index (χ0v) is 20.0. The van der Waals surface area contributed by atoms with E-state index in [0.717, 1.165) is 16.8 Å². The van der Waals surface area contributed by atoms with Crippen molar-refractivity contribution >= 4 is 20.9 Å². The number of benzene rings is 2. The predicted octanol–water partition coefficient (Wildman–Crippen LogP) is 5.62. The standard InChI is InChI=1S/C27H26FN3O2S/c1-18-5-3-6-22(19(18)2)25-10-8-21(17-30-25)20-12-15-31(16-13-20)34(32,33)26-11-9-24(28)27-23(26)7-4-14-29-27/h3-11,14,17,20H,12-13,15-16H2,1-2H3. The highest BCUT2D eigenvalue weighted by molar-refractivity contribution is 7.89. The molecule has 0 bridgehead atoms. The van der Waals surface area contributed by atoms with Crippen LogP contribution in [0.15, 0.2) is 71.9 Å². The Labute approximate surface area is 199 Å². The molecule has 0 spiro atoms. The van der Waals surface area contributed by atoms with Gasteiger partial charge in [0.1, 0.15) is 11.3 Å². The molecular weight excluding hydrogens is 449 g/mol. The number of pyridine rings is 2. The summed E-state index contributed by atoms with van der Waals surface area (Å²) in [6.45, 7) is 5.02. The van der Waals surface area contributed by atoms with Gasteiger partial charge in [0, 0.05) is 36.4 Å². The number of aryl methyl sites for hydroxylation is 1. The van der Waals surface area contributed by atoms with E-state index in [-0.39, 0.29) is 16.3 Å². The highest BCUT2D eigenvalue weighted by Gasteiger charge is 2.31. The lowest BCUT2D eigenvalue weighted by atomic mass is 9.91. The molecule has 0 radical (unpaired) electrons. The molecule has 174 valence electrons. The van der Waals surface area contributed by atoms with Crippen LogP contribution < -0.4 is 0 Å². The number of halogens is 1. The molecule has 3 heterocycles. The summed E-state index contributed by atoms with van der Waals surface area (Å²) < 4.78 is 42.4. The van der Waals surface area contributed by atoms with Crippen molar-refractivity contribution in [2.45, 2.75) is 37.5 Å². The lowest BCUT2D eigenvalue weighted by Gasteiger charge is -2.31. The van der Waals surface area contributed by atoms with Crippen LogP contribution in [0.2, 0.25) is 0 Å². The molecule has 5 nitrogen and oxygen atoms in total. The summed E-state index contributed by atoms with van der Waals surface area (Å²) in [5, 5.41) is 0.316. The van der Waals surface area contributed by atoms with Crippen LogP contribution in [0.5, 0.6) is 0 Å². The zero-order valence-electron chi connectivity index (χ0n) is 19.2. The molecule has 0 amide bonds. The molecule has 0 saturated carbocycles. The summed E-state index contributed by atoms with van der Waals surface area (Å²) >= 11 is 0. The first-order valence-electron chi connectivity index (χ1n) is 11.4. The Morgan fingerprint density at radius 3 is 2.47 bits per heavy atom. The average molecular weight is 476 g/mol. The van der Waals surface area contributed by atoms with Crippen LogP contribution in [0.3, 0.4) is 0 Å². The normalized spacial score (nSPS) is 15.6. The fourth-order valence-electron chi connectivity index (χ4n) is 4.74. The van der Waals surface area contributed by atoms with Gasteiger partial charge in [-0.2, -0.15) is 4.31 Å². The topological polar surface area (TPSA) is 63.2 Å². The minimum atomic E-state index is -3.75. The second kappa shape index (κ2) is 8.89. The van der Waals surface area contributed by atoms with Gasteiger partial charge in [-0.05, 0) is 79.6 Å². The summed E-state index contributed by atoms with van der Waals surface area (Å²) in [6.07, 6.45) is 4.81. The molecule has 1 fully saturated rings. The maximum Gasteiger partial charge on any atom is 0.243 e. The Morgan fingerprint density at radius 2 is 1.74 bits per heavy atom. The van der Waals surface area contributed by atoms with E-state index in [1.807, 2.05) is 12.3 Å². The van der Waals surface area contributed by atoms with Crippen molar-refractivity contribution in [1.29, 1.82) is 0 Å². The van der Waals surface area contributed by atoms with Gasteiger partial charge >= 0.3 is 0 Å². The third kappa shape index (κ3) is 3.99. The van der Waals surface area contributed by atoms with Gasteiger partial charge in [-0.25, -0.2) is 12.8 Å². The molecule has 0 unspecified atom stereocenters. The number of piperidine rings is 1. The Bertz CT molecular complexity index is 1460. The van der Waals surface area contributed by atoms with Crippen molar-refractivity contribution in [1.82, 2.24) is 14.3 Å².